The molecular formula is C27H22F2N2O4. The third-order valence-corrected chi connectivity index (χ3v) is 5.80. The van der Waals surface area contributed by atoms with E-state index in [4.69, 9.17) is 14.2 Å². The van der Waals surface area contributed by atoms with Gasteiger partial charge in [0.2, 0.25) is 5.79 Å². The molecule has 1 saturated heterocycles. The Bertz CT molecular complexity index is 1300. The molecule has 0 spiro atoms. The first-order valence-electron chi connectivity index (χ1n) is 11.1. The molecule has 2 heterocycles. The van der Waals surface area contributed by atoms with E-state index in [-0.39, 0.29) is 18.8 Å². The van der Waals surface area contributed by atoms with Crippen LogP contribution >= 0.6 is 0 Å². The molecule has 35 heavy (non-hydrogen) atoms. The van der Waals surface area contributed by atoms with Crippen molar-refractivity contribution < 1.29 is 27.8 Å². The van der Waals surface area contributed by atoms with Crippen LogP contribution in [0.1, 0.15) is 15.9 Å². The number of carbonyl (C=O) groups excluding carboxylic acids is 1. The molecule has 1 aliphatic rings. The highest BCUT2D eigenvalue weighted by Crippen LogP contribution is 2.37. The fourth-order valence-corrected chi connectivity index (χ4v) is 4.02. The lowest BCUT2D eigenvalue weighted by Crippen LogP contribution is -2.34. The molecule has 1 aromatic heterocycles. The van der Waals surface area contributed by atoms with Gasteiger partial charge < -0.3 is 18.8 Å². The van der Waals surface area contributed by atoms with Gasteiger partial charge in [0.1, 0.15) is 12.7 Å². The first-order valence-corrected chi connectivity index (χ1v) is 11.1. The summed E-state index contributed by atoms with van der Waals surface area (Å²) < 4.78 is 46.2. The predicted octanol–water partition coefficient (Wildman–Crippen LogP) is 4.95. The molecule has 0 bridgehead atoms. The van der Waals surface area contributed by atoms with E-state index in [1.165, 1.54) is 6.07 Å². The maximum Gasteiger partial charge on any atom is 0.338 e. The van der Waals surface area contributed by atoms with Crippen LogP contribution in [0, 0.1) is 11.6 Å². The Balaban J connectivity index is 1.32. The topological polar surface area (TPSA) is 62.6 Å². The van der Waals surface area contributed by atoms with Crippen LogP contribution in [0.3, 0.4) is 0 Å². The van der Waals surface area contributed by atoms with Crippen molar-refractivity contribution >= 4 is 5.97 Å². The minimum Gasteiger partial charge on any atom is -0.459 e. The third kappa shape index (κ3) is 4.99. The van der Waals surface area contributed by atoms with Gasteiger partial charge in [-0.3, -0.25) is 0 Å². The third-order valence-electron chi connectivity index (χ3n) is 5.80. The molecular weight excluding hydrogens is 454 g/mol. The van der Waals surface area contributed by atoms with Gasteiger partial charge in [0.05, 0.1) is 25.0 Å². The van der Waals surface area contributed by atoms with Crippen LogP contribution < -0.4 is 0 Å². The predicted molar refractivity (Wildman–Crippen MR) is 123 cm³/mol. The Kier molecular flexibility index (Phi) is 6.39. The molecule has 0 amide bonds. The standard InChI is InChI=1S/C27H22F2N2O4/c28-24-11-8-21(14-25(24)29)26(32)33-15-23-16-34-27(35-23,17-31-13-12-30-18-31)22-9-6-20(7-10-22)19-4-2-1-3-5-19/h1-14,18,23H,15-17H2/t23-,27-/m0/s1. The summed E-state index contributed by atoms with van der Waals surface area (Å²) in [5, 5.41) is 0. The minimum absolute atomic E-state index is 0.0796. The fraction of sp³-hybridized carbons (Fsp3) is 0.185. The molecule has 0 N–H and O–H groups in total. The normalized spacial score (nSPS) is 19.5. The van der Waals surface area contributed by atoms with Crippen LogP contribution in [-0.2, 0) is 26.5 Å². The number of nitrogens with zero attached hydrogens (tertiary/aromatic N) is 2. The van der Waals surface area contributed by atoms with E-state index < -0.39 is 29.5 Å². The molecule has 5 rings (SSSR count). The average Bonchev–Trinajstić information content (AvgIpc) is 3.56. The maximum absolute atomic E-state index is 13.5. The number of carbonyl (C=O) groups is 1. The summed E-state index contributed by atoms with van der Waals surface area (Å²) in [6.07, 6.45) is 4.59. The van der Waals surface area contributed by atoms with Crippen molar-refractivity contribution in [1.82, 2.24) is 9.55 Å². The lowest BCUT2D eigenvalue weighted by Gasteiger charge is -2.29. The van der Waals surface area contributed by atoms with Gasteiger partial charge in [-0.15, -0.1) is 0 Å². The largest absolute Gasteiger partial charge is 0.459 e. The molecule has 4 aromatic rings. The van der Waals surface area contributed by atoms with Gasteiger partial charge in [0.25, 0.3) is 0 Å². The Morgan fingerprint density at radius 2 is 1.80 bits per heavy atom. The monoisotopic (exact) mass is 476 g/mol. The summed E-state index contributed by atoms with van der Waals surface area (Å²) in [7, 11) is 0. The van der Waals surface area contributed by atoms with Crippen LogP contribution in [0.25, 0.3) is 11.1 Å². The molecule has 3 aromatic carbocycles. The number of esters is 1. The second kappa shape index (κ2) is 9.77. The molecule has 2 atom stereocenters. The van der Waals surface area contributed by atoms with E-state index in [1.807, 2.05) is 65.4 Å². The Hall–Kier alpha value is -3.88. The zero-order chi connectivity index (χ0) is 24.3. The van der Waals surface area contributed by atoms with E-state index >= 15 is 0 Å². The average molecular weight is 476 g/mol. The number of imidazole rings is 1. The van der Waals surface area contributed by atoms with Crippen molar-refractivity contribution in [3.8, 4) is 11.1 Å². The SMILES string of the molecule is O=C(OC[C@H]1CO[C@](Cn2ccnc2)(c2ccc(-c3ccccc3)cc2)O1)c1ccc(F)c(F)c1. The van der Waals surface area contributed by atoms with Gasteiger partial charge in [-0.05, 0) is 29.3 Å². The van der Waals surface area contributed by atoms with Gasteiger partial charge >= 0.3 is 5.97 Å². The quantitative estimate of drug-likeness (QED) is 0.353. The van der Waals surface area contributed by atoms with Crippen molar-refractivity contribution in [2.45, 2.75) is 18.4 Å². The van der Waals surface area contributed by atoms with Crippen LogP contribution in [0.15, 0.2) is 91.5 Å². The van der Waals surface area contributed by atoms with Gasteiger partial charge in [-0.25, -0.2) is 18.6 Å². The number of aromatic nitrogens is 2. The molecule has 0 radical (unpaired) electrons. The number of halogens is 2. The molecule has 0 unspecified atom stereocenters. The molecule has 1 aliphatic heterocycles. The first kappa shape index (κ1) is 22.9. The summed E-state index contributed by atoms with van der Waals surface area (Å²) in [5.74, 6) is -4.03. The molecule has 6 nitrogen and oxygen atoms in total. The number of hydrogen-bond acceptors (Lipinski definition) is 5. The number of rotatable bonds is 7. The van der Waals surface area contributed by atoms with Gasteiger partial charge in [-0.1, -0.05) is 54.6 Å². The highest BCUT2D eigenvalue weighted by Gasteiger charge is 2.44. The highest BCUT2D eigenvalue weighted by atomic mass is 19.2. The van der Waals surface area contributed by atoms with Crippen LogP contribution in [0.2, 0.25) is 0 Å². The van der Waals surface area contributed by atoms with E-state index in [0.29, 0.717) is 6.54 Å². The Morgan fingerprint density at radius 3 is 2.51 bits per heavy atom. The summed E-state index contributed by atoms with van der Waals surface area (Å²) in [4.78, 5) is 16.4. The molecule has 8 heteroatoms. The number of hydrogen-bond donors (Lipinski definition) is 0. The summed E-state index contributed by atoms with van der Waals surface area (Å²) in [5.41, 5.74) is 2.88. The highest BCUT2D eigenvalue weighted by molar-refractivity contribution is 5.89. The van der Waals surface area contributed by atoms with Crippen LogP contribution in [0.4, 0.5) is 8.78 Å². The summed E-state index contributed by atoms with van der Waals surface area (Å²) >= 11 is 0. The second-order valence-electron chi connectivity index (χ2n) is 8.21. The lowest BCUT2D eigenvalue weighted by molar-refractivity contribution is -0.190. The first-order chi connectivity index (χ1) is 17.0. The van der Waals surface area contributed by atoms with Crippen LogP contribution in [-0.4, -0.2) is 34.8 Å². The second-order valence-corrected chi connectivity index (χ2v) is 8.21. The number of ether oxygens (including phenoxy) is 3. The van der Waals surface area contributed by atoms with E-state index in [1.54, 1.807) is 12.5 Å². The zero-order valence-electron chi connectivity index (χ0n) is 18.6. The Morgan fingerprint density at radius 1 is 1.03 bits per heavy atom. The van der Waals surface area contributed by atoms with Crippen molar-refractivity contribution in [1.29, 1.82) is 0 Å². The van der Waals surface area contributed by atoms with Gasteiger partial charge in [0.15, 0.2) is 11.6 Å². The zero-order valence-corrected chi connectivity index (χ0v) is 18.6. The van der Waals surface area contributed by atoms with E-state index in [9.17, 15) is 13.6 Å². The van der Waals surface area contributed by atoms with Crippen molar-refractivity contribution in [3.05, 3.63) is 114 Å². The smallest absolute Gasteiger partial charge is 0.338 e. The fourth-order valence-electron chi connectivity index (χ4n) is 4.02. The molecule has 178 valence electrons. The minimum atomic E-state index is -1.12. The maximum atomic E-state index is 13.5. The van der Waals surface area contributed by atoms with Crippen molar-refractivity contribution in [2.75, 3.05) is 13.2 Å². The van der Waals surface area contributed by atoms with Crippen molar-refractivity contribution in [3.63, 3.8) is 0 Å². The van der Waals surface area contributed by atoms with Gasteiger partial charge in [-0.2, -0.15) is 0 Å². The summed E-state index contributed by atoms with van der Waals surface area (Å²) in [6.45, 7) is 0.414. The molecule has 0 aliphatic carbocycles. The molecule has 1 fully saturated rings. The van der Waals surface area contributed by atoms with E-state index in [0.717, 1.165) is 28.8 Å². The number of benzene rings is 3. The Labute approximate surface area is 200 Å². The van der Waals surface area contributed by atoms with E-state index in [2.05, 4.69) is 4.98 Å². The van der Waals surface area contributed by atoms with Crippen molar-refractivity contribution in [2.24, 2.45) is 0 Å². The van der Waals surface area contributed by atoms with Crippen LogP contribution in [0.5, 0.6) is 0 Å². The summed E-state index contributed by atoms with van der Waals surface area (Å²) in [6, 6.07) is 20.8. The van der Waals surface area contributed by atoms with Gasteiger partial charge in [0, 0.05) is 18.0 Å². The lowest BCUT2D eigenvalue weighted by atomic mass is 10.00. The molecule has 0 saturated carbocycles.